The molecule has 3 heterocycles. The number of nitrogens with zero attached hydrogens (tertiary/aromatic N) is 7. The molecule has 1 aromatic rings. The summed E-state index contributed by atoms with van der Waals surface area (Å²) >= 11 is 0. The number of likely N-dealkylation sites (N-methyl/N-ethyl adjacent to an activating group) is 1. The SMILES string of the molecule is Cc1nc(N(C)C)nc(N2CCNC(=O)CCN(C(=O)C3CN(C)CCO3)CC2)n1. The van der Waals surface area contributed by atoms with Gasteiger partial charge in [0, 0.05) is 66.3 Å². The highest BCUT2D eigenvalue weighted by atomic mass is 16.5. The molecule has 11 heteroatoms. The Bertz CT molecular complexity index is 759. The fraction of sp³-hybridized carbons (Fsp3) is 0.737. The lowest BCUT2D eigenvalue weighted by molar-refractivity contribution is -0.149. The molecular weight excluding hydrogens is 388 g/mol. The van der Waals surface area contributed by atoms with Crippen molar-refractivity contribution in [3.63, 3.8) is 0 Å². The van der Waals surface area contributed by atoms with Gasteiger partial charge >= 0.3 is 0 Å². The average molecular weight is 421 g/mol. The Labute approximate surface area is 177 Å². The number of rotatable bonds is 3. The molecule has 2 fully saturated rings. The van der Waals surface area contributed by atoms with Gasteiger partial charge < -0.3 is 29.7 Å². The summed E-state index contributed by atoms with van der Waals surface area (Å²) < 4.78 is 5.70. The molecule has 0 saturated carbocycles. The number of nitrogens with one attached hydrogen (secondary N) is 1. The molecule has 1 atom stereocenters. The normalized spacial score (nSPS) is 21.9. The minimum Gasteiger partial charge on any atom is -0.366 e. The van der Waals surface area contributed by atoms with Crippen LogP contribution >= 0.6 is 0 Å². The van der Waals surface area contributed by atoms with Gasteiger partial charge in [0.05, 0.1) is 6.61 Å². The third kappa shape index (κ3) is 5.76. The minimum atomic E-state index is -0.497. The summed E-state index contributed by atoms with van der Waals surface area (Å²) in [5.41, 5.74) is 0. The second-order valence-corrected chi connectivity index (χ2v) is 7.91. The van der Waals surface area contributed by atoms with E-state index in [1.165, 1.54) is 0 Å². The van der Waals surface area contributed by atoms with Crippen molar-refractivity contribution in [2.24, 2.45) is 0 Å². The van der Waals surface area contributed by atoms with Gasteiger partial charge in [0.15, 0.2) is 0 Å². The summed E-state index contributed by atoms with van der Waals surface area (Å²) in [5, 5.41) is 2.91. The monoisotopic (exact) mass is 420 g/mol. The van der Waals surface area contributed by atoms with Crippen LogP contribution in [0.2, 0.25) is 0 Å². The molecule has 2 aliphatic rings. The number of anilines is 2. The van der Waals surface area contributed by atoms with Crippen molar-refractivity contribution < 1.29 is 14.3 Å². The van der Waals surface area contributed by atoms with Crippen molar-refractivity contribution in [3.8, 4) is 0 Å². The molecule has 0 bridgehead atoms. The second-order valence-electron chi connectivity index (χ2n) is 7.91. The van der Waals surface area contributed by atoms with Crippen LogP contribution in [0.4, 0.5) is 11.9 Å². The fourth-order valence-electron chi connectivity index (χ4n) is 3.47. The van der Waals surface area contributed by atoms with E-state index < -0.39 is 6.10 Å². The first-order valence-corrected chi connectivity index (χ1v) is 10.3. The quantitative estimate of drug-likeness (QED) is 0.641. The van der Waals surface area contributed by atoms with E-state index in [9.17, 15) is 9.59 Å². The maximum Gasteiger partial charge on any atom is 0.253 e. The van der Waals surface area contributed by atoms with Gasteiger partial charge in [-0.1, -0.05) is 0 Å². The summed E-state index contributed by atoms with van der Waals surface area (Å²) in [6.07, 6.45) is -0.216. The number of carbonyl (C=O) groups excluding carboxylic acids is 2. The first kappa shape index (κ1) is 22.2. The predicted octanol–water partition coefficient (Wildman–Crippen LogP) is -1.27. The molecule has 1 N–H and O–H groups in total. The van der Waals surface area contributed by atoms with Crippen LogP contribution in [0.15, 0.2) is 0 Å². The van der Waals surface area contributed by atoms with E-state index >= 15 is 0 Å². The van der Waals surface area contributed by atoms with Crippen molar-refractivity contribution in [2.45, 2.75) is 19.4 Å². The van der Waals surface area contributed by atoms with Crippen LogP contribution in [0.1, 0.15) is 12.2 Å². The number of morpholine rings is 1. The van der Waals surface area contributed by atoms with Crippen LogP contribution in [0.5, 0.6) is 0 Å². The average Bonchev–Trinajstić information content (AvgIpc) is 2.71. The molecule has 2 aliphatic heterocycles. The molecule has 166 valence electrons. The van der Waals surface area contributed by atoms with Crippen LogP contribution in [-0.4, -0.2) is 116 Å². The molecule has 1 unspecified atom stereocenters. The fourth-order valence-corrected chi connectivity index (χ4v) is 3.47. The van der Waals surface area contributed by atoms with Crippen LogP contribution in [0, 0.1) is 6.92 Å². The Morgan fingerprint density at radius 3 is 2.67 bits per heavy atom. The summed E-state index contributed by atoms with van der Waals surface area (Å²) in [5.74, 6) is 1.59. The zero-order chi connectivity index (χ0) is 21.7. The Hall–Kier alpha value is -2.53. The number of amides is 2. The first-order valence-electron chi connectivity index (χ1n) is 10.3. The van der Waals surface area contributed by atoms with E-state index in [1.807, 2.05) is 37.9 Å². The molecule has 0 aromatic carbocycles. The van der Waals surface area contributed by atoms with Crippen molar-refractivity contribution in [3.05, 3.63) is 5.82 Å². The van der Waals surface area contributed by atoms with Crippen LogP contribution in [0.3, 0.4) is 0 Å². The van der Waals surface area contributed by atoms with Crippen LogP contribution in [0.25, 0.3) is 0 Å². The van der Waals surface area contributed by atoms with Crippen LogP contribution in [-0.2, 0) is 14.3 Å². The smallest absolute Gasteiger partial charge is 0.253 e. The van der Waals surface area contributed by atoms with Gasteiger partial charge in [0.1, 0.15) is 11.9 Å². The van der Waals surface area contributed by atoms with E-state index in [-0.39, 0.29) is 18.2 Å². The van der Waals surface area contributed by atoms with Gasteiger partial charge in [-0.2, -0.15) is 15.0 Å². The van der Waals surface area contributed by atoms with Crippen molar-refractivity contribution in [1.29, 1.82) is 0 Å². The molecule has 3 rings (SSSR count). The zero-order valence-corrected chi connectivity index (χ0v) is 18.3. The van der Waals surface area contributed by atoms with Crippen molar-refractivity contribution >= 4 is 23.7 Å². The highest BCUT2D eigenvalue weighted by molar-refractivity contribution is 5.82. The van der Waals surface area contributed by atoms with Gasteiger partial charge in [-0.25, -0.2) is 0 Å². The largest absolute Gasteiger partial charge is 0.366 e. The number of aromatic nitrogens is 3. The maximum absolute atomic E-state index is 13.1. The molecule has 11 nitrogen and oxygen atoms in total. The molecule has 2 saturated heterocycles. The van der Waals surface area contributed by atoms with Crippen molar-refractivity contribution in [2.75, 3.05) is 83.4 Å². The number of ether oxygens (including phenoxy) is 1. The standard InChI is InChI=1S/C19H32N8O3/c1-14-21-18(24(2)3)23-19(22-14)27-8-6-20-16(28)5-7-26(9-10-27)17(29)15-13-25(4)11-12-30-15/h15H,5-13H2,1-4H3,(H,20,28). The lowest BCUT2D eigenvalue weighted by Gasteiger charge is -2.35. The van der Waals surface area contributed by atoms with Gasteiger partial charge in [-0.05, 0) is 14.0 Å². The minimum absolute atomic E-state index is 0.0721. The maximum atomic E-state index is 13.1. The second kappa shape index (κ2) is 9.98. The Kier molecular flexibility index (Phi) is 7.38. The molecular formula is C19H32N8O3. The zero-order valence-electron chi connectivity index (χ0n) is 18.3. The summed E-state index contributed by atoms with van der Waals surface area (Å²) in [4.78, 5) is 46.3. The van der Waals surface area contributed by atoms with Gasteiger partial charge in [-0.3, -0.25) is 9.59 Å². The Morgan fingerprint density at radius 1 is 1.13 bits per heavy atom. The summed E-state index contributed by atoms with van der Waals surface area (Å²) in [6.45, 7) is 6.16. The molecule has 30 heavy (non-hydrogen) atoms. The lowest BCUT2D eigenvalue weighted by Crippen LogP contribution is -2.52. The van der Waals surface area contributed by atoms with Crippen molar-refractivity contribution in [1.82, 2.24) is 30.1 Å². The molecule has 2 amide bonds. The van der Waals surface area contributed by atoms with E-state index in [0.29, 0.717) is 63.6 Å². The number of hydrogen-bond donors (Lipinski definition) is 1. The molecule has 0 radical (unpaired) electrons. The highest BCUT2D eigenvalue weighted by Crippen LogP contribution is 2.14. The van der Waals surface area contributed by atoms with E-state index in [1.54, 1.807) is 4.90 Å². The number of aryl methyl sites for hydroxylation is 1. The summed E-state index contributed by atoms with van der Waals surface area (Å²) in [6, 6.07) is 0. The topological polar surface area (TPSA) is 107 Å². The van der Waals surface area contributed by atoms with E-state index in [2.05, 4.69) is 25.2 Å². The van der Waals surface area contributed by atoms with E-state index in [4.69, 9.17) is 4.74 Å². The molecule has 0 spiro atoms. The Morgan fingerprint density at radius 2 is 1.93 bits per heavy atom. The molecule has 0 aliphatic carbocycles. The Balaban J connectivity index is 1.77. The number of hydrogen-bond acceptors (Lipinski definition) is 9. The third-order valence-corrected chi connectivity index (χ3v) is 5.22. The lowest BCUT2D eigenvalue weighted by atomic mass is 10.2. The third-order valence-electron chi connectivity index (χ3n) is 5.22. The van der Waals surface area contributed by atoms with Gasteiger partial charge in [-0.15, -0.1) is 0 Å². The molecule has 1 aromatic heterocycles. The highest BCUT2D eigenvalue weighted by Gasteiger charge is 2.30. The van der Waals surface area contributed by atoms with Gasteiger partial charge in [0.2, 0.25) is 17.8 Å². The first-order chi connectivity index (χ1) is 14.3. The number of carbonyl (C=O) groups is 2. The van der Waals surface area contributed by atoms with Gasteiger partial charge in [0.25, 0.3) is 5.91 Å². The van der Waals surface area contributed by atoms with E-state index in [0.717, 1.165) is 6.54 Å². The summed E-state index contributed by atoms with van der Waals surface area (Å²) in [7, 11) is 5.73. The predicted molar refractivity (Wildman–Crippen MR) is 113 cm³/mol. The van der Waals surface area contributed by atoms with Crippen LogP contribution < -0.4 is 15.1 Å².